The Kier molecular flexibility index (Phi) is 4.95. The van der Waals surface area contributed by atoms with Gasteiger partial charge in [-0.15, -0.1) is 0 Å². The van der Waals surface area contributed by atoms with Crippen LogP contribution < -0.4 is 5.73 Å². The Morgan fingerprint density at radius 3 is 2.50 bits per heavy atom. The number of likely N-dealkylation sites (tertiary alicyclic amines) is 1. The maximum absolute atomic E-state index is 12.4. The van der Waals surface area contributed by atoms with Crippen LogP contribution in [0.3, 0.4) is 0 Å². The first-order chi connectivity index (χ1) is 8.38. The molecule has 18 heavy (non-hydrogen) atoms. The van der Waals surface area contributed by atoms with Gasteiger partial charge in [0.1, 0.15) is 5.92 Å². The largest absolute Gasteiger partial charge is 0.409 e. The van der Waals surface area contributed by atoms with Crippen molar-refractivity contribution in [2.45, 2.75) is 26.3 Å². The lowest BCUT2D eigenvalue weighted by Crippen LogP contribution is -2.44. The van der Waals surface area contributed by atoms with Gasteiger partial charge in [0, 0.05) is 19.1 Å². The number of hydrogen-bond acceptors (Lipinski definition) is 4. The van der Waals surface area contributed by atoms with Gasteiger partial charge >= 0.3 is 0 Å². The van der Waals surface area contributed by atoms with Gasteiger partial charge in [0.05, 0.1) is 0 Å². The molecular formula is C12H24N4O2. The average molecular weight is 256 g/mol. The maximum Gasteiger partial charge on any atom is 0.233 e. The number of amides is 1. The number of rotatable bonds is 4. The third kappa shape index (κ3) is 3.13. The van der Waals surface area contributed by atoms with Gasteiger partial charge in [0.2, 0.25) is 5.91 Å². The zero-order valence-corrected chi connectivity index (χ0v) is 11.6. The Hall–Kier alpha value is -1.30. The van der Waals surface area contributed by atoms with Crippen LogP contribution in [0.5, 0.6) is 0 Å². The fourth-order valence-corrected chi connectivity index (χ4v) is 2.38. The van der Waals surface area contributed by atoms with E-state index in [1.807, 2.05) is 32.8 Å². The van der Waals surface area contributed by atoms with Crippen LogP contribution in [0.25, 0.3) is 0 Å². The van der Waals surface area contributed by atoms with Crippen molar-refractivity contribution in [3.05, 3.63) is 0 Å². The minimum Gasteiger partial charge on any atom is -0.409 e. The topological polar surface area (TPSA) is 82.2 Å². The highest BCUT2D eigenvalue weighted by Crippen LogP contribution is 2.20. The lowest BCUT2D eigenvalue weighted by molar-refractivity contribution is -0.133. The van der Waals surface area contributed by atoms with Crippen molar-refractivity contribution in [1.82, 2.24) is 9.80 Å². The molecule has 0 saturated carbocycles. The van der Waals surface area contributed by atoms with Crippen LogP contribution >= 0.6 is 0 Å². The highest BCUT2D eigenvalue weighted by molar-refractivity contribution is 6.02. The van der Waals surface area contributed by atoms with E-state index in [1.54, 1.807) is 0 Å². The van der Waals surface area contributed by atoms with Crippen LogP contribution in [0.1, 0.15) is 20.3 Å². The van der Waals surface area contributed by atoms with Crippen molar-refractivity contribution < 1.29 is 10.0 Å². The summed E-state index contributed by atoms with van der Waals surface area (Å²) in [5, 5.41) is 11.8. The summed E-state index contributed by atoms with van der Waals surface area (Å²) in [6.45, 7) is 5.26. The fraction of sp³-hybridized carbons (Fsp3) is 0.833. The molecule has 1 rings (SSSR count). The van der Waals surface area contributed by atoms with E-state index in [4.69, 9.17) is 10.9 Å². The van der Waals surface area contributed by atoms with Crippen molar-refractivity contribution >= 4 is 11.7 Å². The van der Waals surface area contributed by atoms with Crippen molar-refractivity contribution in [2.24, 2.45) is 22.7 Å². The van der Waals surface area contributed by atoms with Gasteiger partial charge in [0.25, 0.3) is 0 Å². The molecule has 0 aromatic heterocycles. The van der Waals surface area contributed by atoms with Crippen LogP contribution in [-0.4, -0.2) is 60.0 Å². The lowest BCUT2D eigenvalue weighted by atomic mass is 9.93. The van der Waals surface area contributed by atoms with Gasteiger partial charge < -0.3 is 20.7 Å². The second-order valence-corrected chi connectivity index (χ2v) is 5.44. The molecule has 0 spiro atoms. The van der Waals surface area contributed by atoms with E-state index in [1.165, 1.54) is 0 Å². The molecule has 104 valence electrons. The predicted octanol–water partition coefficient (Wildman–Crippen LogP) is 0.168. The van der Waals surface area contributed by atoms with Crippen molar-refractivity contribution in [1.29, 1.82) is 0 Å². The minimum atomic E-state index is -0.532. The summed E-state index contributed by atoms with van der Waals surface area (Å²) in [5.74, 6) is -0.546. The van der Waals surface area contributed by atoms with Gasteiger partial charge in [-0.1, -0.05) is 19.0 Å². The molecule has 0 radical (unpaired) electrons. The summed E-state index contributed by atoms with van der Waals surface area (Å²) < 4.78 is 0. The molecule has 2 unspecified atom stereocenters. The van der Waals surface area contributed by atoms with Gasteiger partial charge in [-0.2, -0.15) is 0 Å². The maximum atomic E-state index is 12.4. The quantitative estimate of drug-likeness (QED) is 0.325. The first-order valence-corrected chi connectivity index (χ1v) is 6.31. The number of amidine groups is 1. The zero-order chi connectivity index (χ0) is 13.9. The monoisotopic (exact) mass is 256 g/mol. The number of carbonyl (C=O) groups excluding carboxylic acids is 1. The molecule has 3 N–H and O–H groups in total. The Morgan fingerprint density at radius 2 is 2.11 bits per heavy atom. The van der Waals surface area contributed by atoms with Crippen molar-refractivity contribution in [3.63, 3.8) is 0 Å². The van der Waals surface area contributed by atoms with Crippen LogP contribution in [-0.2, 0) is 4.79 Å². The van der Waals surface area contributed by atoms with Crippen LogP contribution in [0.15, 0.2) is 5.16 Å². The summed E-state index contributed by atoms with van der Waals surface area (Å²) in [6.07, 6.45) is 0.972. The van der Waals surface area contributed by atoms with E-state index in [0.29, 0.717) is 12.6 Å². The van der Waals surface area contributed by atoms with E-state index in [0.717, 1.165) is 13.0 Å². The van der Waals surface area contributed by atoms with Crippen molar-refractivity contribution in [2.75, 3.05) is 27.2 Å². The van der Waals surface area contributed by atoms with Crippen molar-refractivity contribution in [3.8, 4) is 0 Å². The number of likely N-dealkylation sites (N-methyl/N-ethyl adjacent to an activating group) is 1. The highest BCUT2D eigenvalue weighted by Gasteiger charge is 2.35. The summed E-state index contributed by atoms with van der Waals surface area (Å²) in [7, 11) is 4.03. The minimum absolute atomic E-state index is 0.00306. The first-order valence-electron chi connectivity index (χ1n) is 6.31. The van der Waals surface area contributed by atoms with E-state index < -0.39 is 5.92 Å². The Morgan fingerprint density at radius 1 is 1.50 bits per heavy atom. The van der Waals surface area contributed by atoms with E-state index in [-0.39, 0.29) is 17.7 Å². The normalized spacial score (nSPS) is 22.9. The molecule has 0 aromatic carbocycles. The lowest BCUT2D eigenvalue weighted by Gasteiger charge is -2.26. The fourth-order valence-electron chi connectivity index (χ4n) is 2.38. The number of nitrogens with zero attached hydrogens (tertiary/aromatic N) is 3. The summed E-state index contributed by atoms with van der Waals surface area (Å²) in [6, 6.07) is 0.397. The first kappa shape index (κ1) is 14.8. The standard InChI is InChI=1S/C12H24N4O2/c1-8(2)10(11(13)14-18)12(17)16-6-5-9(7-16)15(3)4/h8-10,18H,5-7H2,1-4H3,(H2,13,14). The number of hydrogen-bond donors (Lipinski definition) is 2. The van der Waals surface area contributed by atoms with Crippen LogP contribution in [0.2, 0.25) is 0 Å². The third-order valence-corrected chi connectivity index (χ3v) is 3.57. The van der Waals surface area contributed by atoms with Crippen LogP contribution in [0, 0.1) is 11.8 Å². The molecule has 1 aliphatic rings. The molecule has 0 aliphatic carbocycles. The number of oxime groups is 1. The molecule has 1 saturated heterocycles. The Bertz CT molecular complexity index is 328. The third-order valence-electron chi connectivity index (χ3n) is 3.57. The molecule has 6 heteroatoms. The average Bonchev–Trinajstić information content (AvgIpc) is 2.77. The molecule has 1 aliphatic heterocycles. The van der Waals surface area contributed by atoms with Crippen LogP contribution in [0.4, 0.5) is 0 Å². The van der Waals surface area contributed by atoms with Gasteiger partial charge in [-0.3, -0.25) is 4.79 Å². The Balaban J connectivity index is 2.74. The smallest absolute Gasteiger partial charge is 0.233 e. The SMILES string of the molecule is CC(C)C(C(=O)N1CCC(N(C)C)C1)C(N)=NO. The van der Waals surface area contributed by atoms with Gasteiger partial charge in [-0.05, 0) is 26.4 Å². The molecule has 6 nitrogen and oxygen atoms in total. The van der Waals surface area contributed by atoms with E-state index >= 15 is 0 Å². The predicted molar refractivity (Wildman–Crippen MR) is 70.4 cm³/mol. The molecule has 0 aromatic rings. The summed E-state index contributed by atoms with van der Waals surface area (Å²) >= 11 is 0. The highest BCUT2D eigenvalue weighted by atomic mass is 16.4. The summed E-state index contributed by atoms with van der Waals surface area (Å²) in [4.78, 5) is 16.3. The molecular weight excluding hydrogens is 232 g/mol. The second kappa shape index (κ2) is 6.04. The molecule has 1 heterocycles. The van der Waals surface area contributed by atoms with Gasteiger partial charge in [-0.25, -0.2) is 0 Å². The molecule has 1 amide bonds. The number of carbonyl (C=O) groups is 1. The number of nitrogens with two attached hydrogens (primary N) is 1. The molecule has 0 bridgehead atoms. The van der Waals surface area contributed by atoms with E-state index in [9.17, 15) is 4.79 Å². The molecule has 2 atom stereocenters. The summed E-state index contributed by atoms with van der Waals surface area (Å²) in [5.41, 5.74) is 5.62. The Labute approximate surface area is 108 Å². The van der Waals surface area contributed by atoms with E-state index in [2.05, 4.69) is 10.1 Å². The zero-order valence-electron chi connectivity index (χ0n) is 11.6. The second-order valence-electron chi connectivity index (χ2n) is 5.44. The van der Waals surface area contributed by atoms with Gasteiger partial charge in [0.15, 0.2) is 5.84 Å². The molecule has 1 fully saturated rings.